The molecule has 1 fully saturated rings. The Kier molecular flexibility index (Phi) is 5.48. The summed E-state index contributed by atoms with van der Waals surface area (Å²) in [5, 5.41) is 0. The van der Waals surface area contributed by atoms with Crippen molar-refractivity contribution in [2.75, 3.05) is 13.1 Å². The Morgan fingerprint density at radius 1 is 1.40 bits per heavy atom. The molecule has 1 heterocycles. The molecule has 2 unspecified atom stereocenters. The van der Waals surface area contributed by atoms with E-state index < -0.39 is 11.6 Å². The van der Waals surface area contributed by atoms with Crippen LogP contribution in [-0.4, -0.2) is 29.9 Å². The quantitative estimate of drug-likeness (QED) is 0.912. The van der Waals surface area contributed by atoms with Crippen LogP contribution in [0.2, 0.25) is 0 Å². The molecule has 1 amide bonds. The number of nitrogens with two attached hydrogens (primary N) is 1. The van der Waals surface area contributed by atoms with E-state index >= 15 is 0 Å². The molecular weight excluding hydrogens is 286 g/mol. The first kappa shape index (κ1) is 16.9. The van der Waals surface area contributed by atoms with Gasteiger partial charge >= 0.3 is 0 Å². The average molecular weight is 305 g/mol. The normalized spacial score (nSPS) is 19.6. The molecule has 0 bridgehead atoms. The smallest absolute Gasteiger partial charge is 0.256 e. The molecule has 20 heavy (non-hydrogen) atoms. The van der Waals surface area contributed by atoms with Crippen molar-refractivity contribution < 1.29 is 13.6 Å². The number of hydrogen-bond donors (Lipinski definition) is 1. The van der Waals surface area contributed by atoms with Crippen molar-refractivity contribution >= 4 is 18.3 Å². The lowest BCUT2D eigenvalue weighted by molar-refractivity contribution is 0.0781. The summed E-state index contributed by atoms with van der Waals surface area (Å²) in [5.74, 6) is -1.58. The maximum Gasteiger partial charge on any atom is 0.256 e. The predicted octanol–water partition coefficient (Wildman–Crippen LogP) is 2.50. The first-order valence-electron chi connectivity index (χ1n) is 6.40. The van der Waals surface area contributed by atoms with E-state index in [9.17, 15) is 13.6 Å². The highest BCUT2D eigenvalue weighted by molar-refractivity contribution is 5.94. The Hall–Kier alpha value is -1.20. The minimum atomic E-state index is -0.808. The second-order valence-electron chi connectivity index (χ2n) is 5.24. The molecule has 0 aliphatic carbocycles. The van der Waals surface area contributed by atoms with E-state index in [2.05, 4.69) is 0 Å². The van der Waals surface area contributed by atoms with Gasteiger partial charge in [-0.15, -0.1) is 12.4 Å². The summed E-state index contributed by atoms with van der Waals surface area (Å²) in [5.41, 5.74) is 6.02. The molecule has 0 saturated carbocycles. The number of carbonyl (C=O) groups is 1. The number of aryl methyl sites for hydroxylation is 1. The molecule has 0 aromatic heterocycles. The van der Waals surface area contributed by atoms with Gasteiger partial charge in [-0.1, -0.05) is 0 Å². The summed E-state index contributed by atoms with van der Waals surface area (Å²) in [6.07, 6.45) is 0.825. The van der Waals surface area contributed by atoms with Crippen LogP contribution in [0.15, 0.2) is 12.1 Å². The third-order valence-corrected chi connectivity index (χ3v) is 3.73. The standard InChI is InChI=1S/C14H18F2N2O.ClH/c1-8-5-11(13(16)6-12(8)15)14(19)18-4-3-10(7-18)9(2)17;/h5-6,9-10H,3-4,7,17H2,1-2H3;1H. The summed E-state index contributed by atoms with van der Waals surface area (Å²) >= 11 is 0. The van der Waals surface area contributed by atoms with Crippen LogP contribution in [0.4, 0.5) is 8.78 Å². The fraction of sp³-hybridized carbons (Fsp3) is 0.500. The van der Waals surface area contributed by atoms with Gasteiger partial charge in [0.25, 0.3) is 5.91 Å². The zero-order chi connectivity index (χ0) is 14.2. The van der Waals surface area contributed by atoms with E-state index in [0.29, 0.717) is 13.1 Å². The van der Waals surface area contributed by atoms with Gasteiger partial charge in [-0.3, -0.25) is 4.79 Å². The maximum absolute atomic E-state index is 13.7. The Morgan fingerprint density at radius 3 is 2.60 bits per heavy atom. The Morgan fingerprint density at radius 2 is 2.05 bits per heavy atom. The number of amides is 1. The molecule has 6 heteroatoms. The van der Waals surface area contributed by atoms with Crippen LogP contribution in [0, 0.1) is 24.5 Å². The van der Waals surface area contributed by atoms with Crippen molar-refractivity contribution in [3.8, 4) is 0 Å². The van der Waals surface area contributed by atoms with Crippen molar-refractivity contribution in [3.05, 3.63) is 34.9 Å². The fourth-order valence-electron chi connectivity index (χ4n) is 2.39. The van der Waals surface area contributed by atoms with Gasteiger partial charge in [-0.05, 0) is 37.8 Å². The van der Waals surface area contributed by atoms with Gasteiger partial charge in [0.15, 0.2) is 0 Å². The number of likely N-dealkylation sites (tertiary alicyclic amines) is 1. The third kappa shape index (κ3) is 3.27. The zero-order valence-electron chi connectivity index (χ0n) is 11.5. The van der Waals surface area contributed by atoms with Crippen LogP contribution in [0.25, 0.3) is 0 Å². The van der Waals surface area contributed by atoms with Crippen LogP contribution >= 0.6 is 12.4 Å². The van der Waals surface area contributed by atoms with Gasteiger partial charge < -0.3 is 10.6 Å². The SMILES string of the molecule is Cc1cc(C(=O)N2CCC(C(C)N)C2)c(F)cc1F.Cl. The molecular formula is C14H19ClF2N2O. The summed E-state index contributed by atoms with van der Waals surface area (Å²) in [6, 6.07) is 2.05. The molecule has 1 saturated heterocycles. The van der Waals surface area contributed by atoms with Crippen molar-refractivity contribution in [3.63, 3.8) is 0 Å². The maximum atomic E-state index is 13.7. The van der Waals surface area contributed by atoms with Crippen molar-refractivity contribution in [1.29, 1.82) is 0 Å². The lowest BCUT2D eigenvalue weighted by Gasteiger charge is -2.18. The van der Waals surface area contributed by atoms with E-state index in [-0.39, 0.29) is 41.4 Å². The van der Waals surface area contributed by atoms with Crippen molar-refractivity contribution in [1.82, 2.24) is 4.90 Å². The van der Waals surface area contributed by atoms with Crippen LogP contribution < -0.4 is 5.73 Å². The second-order valence-corrected chi connectivity index (χ2v) is 5.24. The molecule has 2 rings (SSSR count). The molecule has 2 N–H and O–H groups in total. The number of halogens is 3. The molecule has 0 spiro atoms. The summed E-state index contributed by atoms with van der Waals surface area (Å²) in [4.78, 5) is 13.8. The molecule has 1 aliphatic rings. The predicted molar refractivity (Wildman–Crippen MR) is 76.0 cm³/mol. The van der Waals surface area contributed by atoms with Crippen molar-refractivity contribution in [2.24, 2.45) is 11.7 Å². The van der Waals surface area contributed by atoms with Gasteiger partial charge in [0.2, 0.25) is 0 Å². The number of rotatable bonds is 2. The Balaban J connectivity index is 0.00000200. The summed E-state index contributed by atoms with van der Waals surface area (Å²) in [7, 11) is 0. The molecule has 2 atom stereocenters. The highest BCUT2D eigenvalue weighted by atomic mass is 35.5. The largest absolute Gasteiger partial charge is 0.338 e. The first-order chi connectivity index (χ1) is 8.90. The minimum Gasteiger partial charge on any atom is -0.338 e. The van der Waals surface area contributed by atoms with Gasteiger partial charge in [-0.25, -0.2) is 8.78 Å². The monoisotopic (exact) mass is 304 g/mol. The Bertz CT molecular complexity index is 508. The van der Waals surface area contributed by atoms with Crippen LogP contribution in [0.1, 0.15) is 29.3 Å². The van der Waals surface area contributed by atoms with E-state index in [1.165, 1.54) is 13.0 Å². The number of benzene rings is 1. The Labute approximate surface area is 123 Å². The third-order valence-electron chi connectivity index (χ3n) is 3.73. The van der Waals surface area contributed by atoms with Gasteiger partial charge in [0, 0.05) is 25.2 Å². The topological polar surface area (TPSA) is 46.3 Å². The summed E-state index contributed by atoms with van der Waals surface area (Å²) < 4.78 is 26.9. The molecule has 1 aromatic carbocycles. The molecule has 112 valence electrons. The van der Waals surface area contributed by atoms with E-state index in [0.717, 1.165) is 12.5 Å². The molecule has 3 nitrogen and oxygen atoms in total. The van der Waals surface area contributed by atoms with E-state index in [4.69, 9.17) is 5.73 Å². The van der Waals surface area contributed by atoms with Crippen LogP contribution in [0.5, 0.6) is 0 Å². The highest BCUT2D eigenvalue weighted by Gasteiger charge is 2.30. The number of carbonyl (C=O) groups excluding carboxylic acids is 1. The lowest BCUT2D eigenvalue weighted by atomic mass is 10.0. The number of hydrogen-bond acceptors (Lipinski definition) is 2. The average Bonchev–Trinajstić information content (AvgIpc) is 2.82. The van der Waals surface area contributed by atoms with Crippen LogP contribution in [0.3, 0.4) is 0 Å². The van der Waals surface area contributed by atoms with E-state index in [1.807, 2.05) is 6.92 Å². The van der Waals surface area contributed by atoms with Gasteiger partial charge in [0.05, 0.1) is 5.56 Å². The lowest BCUT2D eigenvalue weighted by Crippen LogP contribution is -2.33. The van der Waals surface area contributed by atoms with Gasteiger partial charge in [0.1, 0.15) is 11.6 Å². The van der Waals surface area contributed by atoms with Crippen molar-refractivity contribution in [2.45, 2.75) is 26.3 Å². The minimum absolute atomic E-state index is 0. The second kappa shape index (κ2) is 6.50. The molecule has 1 aliphatic heterocycles. The molecule has 1 aromatic rings. The first-order valence-corrected chi connectivity index (χ1v) is 6.40. The summed E-state index contributed by atoms with van der Waals surface area (Å²) in [6.45, 7) is 4.52. The highest BCUT2D eigenvalue weighted by Crippen LogP contribution is 2.23. The van der Waals surface area contributed by atoms with Gasteiger partial charge in [-0.2, -0.15) is 0 Å². The fourth-order valence-corrected chi connectivity index (χ4v) is 2.39. The molecule has 0 radical (unpaired) electrons. The van der Waals surface area contributed by atoms with E-state index in [1.54, 1.807) is 4.90 Å². The zero-order valence-corrected chi connectivity index (χ0v) is 12.3. The number of nitrogens with zero attached hydrogens (tertiary/aromatic N) is 1. The van der Waals surface area contributed by atoms with Crippen LogP contribution in [-0.2, 0) is 0 Å².